The summed E-state index contributed by atoms with van der Waals surface area (Å²) in [6.45, 7) is 2.94. The maximum absolute atomic E-state index is 12.5. The molecule has 0 atom stereocenters. The van der Waals surface area contributed by atoms with Gasteiger partial charge in [0.25, 0.3) is 5.91 Å². The number of aromatic nitrogens is 1. The summed E-state index contributed by atoms with van der Waals surface area (Å²) in [5.41, 5.74) is 5.89. The van der Waals surface area contributed by atoms with Crippen molar-refractivity contribution in [3.05, 3.63) is 83.7 Å². The van der Waals surface area contributed by atoms with Crippen LogP contribution in [0.15, 0.2) is 66.9 Å². The molecular formula is C21H19N3O. The average Bonchev–Trinajstić information content (AvgIpc) is 3.08. The molecule has 4 heteroatoms. The number of pyridine rings is 1. The number of hydrogen-bond donors (Lipinski definition) is 1. The Balaban J connectivity index is 1.57. The third-order valence-electron chi connectivity index (χ3n) is 4.48. The summed E-state index contributed by atoms with van der Waals surface area (Å²) in [5, 5.41) is 2.90. The van der Waals surface area contributed by atoms with Gasteiger partial charge in [-0.25, -0.2) is 0 Å². The van der Waals surface area contributed by atoms with E-state index in [0.29, 0.717) is 5.69 Å². The van der Waals surface area contributed by atoms with Crippen LogP contribution in [0.2, 0.25) is 0 Å². The Labute approximate surface area is 147 Å². The number of nitrogens with one attached hydrogen (secondary N) is 1. The van der Waals surface area contributed by atoms with E-state index >= 15 is 0 Å². The summed E-state index contributed by atoms with van der Waals surface area (Å²) in [6.07, 6.45) is 2.71. The number of carbonyl (C=O) groups excluding carboxylic acids is 1. The van der Waals surface area contributed by atoms with Crippen molar-refractivity contribution in [2.24, 2.45) is 0 Å². The third kappa shape index (κ3) is 3.11. The molecule has 0 spiro atoms. The standard InChI is InChI=1S/C21H19N3O/c1-15-6-8-17(9-7-15)23-21(25)19-14-18(10-12-22-19)24-13-11-16-4-2-3-5-20(16)24/h2-10,12,14H,11,13H2,1H3,(H,23,25). The summed E-state index contributed by atoms with van der Waals surface area (Å²) in [5.74, 6) is -0.196. The number of para-hydroxylation sites is 1. The van der Waals surface area contributed by atoms with Crippen LogP contribution in [0, 0.1) is 6.92 Å². The number of aryl methyl sites for hydroxylation is 1. The zero-order valence-corrected chi connectivity index (χ0v) is 14.1. The first-order valence-corrected chi connectivity index (χ1v) is 8.40. The Kier molecular flexibility index (Phi) is 3.94. The summed E-state index contributed by atoms with van der Waals surface area (Å²) < 4.78 is 0. The van der Waals surface area contributed by atoms with Crippen molar-refractivity contribution in [3.63, 3.8) is 0 Å². The molecule has 25 heavy (non-hydrogen) atoms. The van der Waals surface area contributed by atoms with Gasteiger partial charge in [-0.05, 0) is 49.2 Å². The lowest BCUT2D eigenvalue weighted by Crippen LogP contribution is -2.17. The Morgan fingerprint density at radius 3 is 2.72 bits per heavy atom. The first-order valence-electron chi connectivity index (χ1n) is 8.40. The lowest BCUT2D eigenvalue weighted by atomic mass is 10.2. The predicted octanol–water partition coefficient (Wildman–Crippen LogP) is 4.34. The van der Waals surface area contributed by atoms with Crippen molar-refractivity contribution >= 4 is 23.0 Å². The molecule has 1 aromatic heterocycles. The number of hydrogen-bond acceptors (Lipinski definition) is 3. The molecule has 0 saturated heterocycles. The fourth-order valence-corrected chi connectivity index (χ4v) is 3.15. The van der Waals surface area contributed by atoms with Gasteiger partial charge in [-0.2, -0.15) is 0 Å². The van der Waals surface area contributed by atoms with E-state index in [9.17, 15) is 4.79 Å². The van der Waals surface area contributed by atoms with Crippen LogP contribution < -0.4 is 10.2 Å². The van der Waals surface area contributed by atoms with Crippen molar-refractivity contribution in [3.8, 4) is 0 Å². The first-order chi connectivity index (χ1) is 12.2. The van der Waals surface area contributed by atoms with Gasteiger partial charge in [-0.1, -0.05) is 35.9 Å². The van der Waals surface area contributed by atoms with Crippen molar-refractivity contribution in [2.75, 3.05) is 16.8 Å². The SMILES string of the molecule is Cc1ccc(NC(=O)c2cc(N3CCc4ccccc43)ccn2)cc1. The minimum atomic E-state index is -0.196. The second-order valence-electron chi connectivity index (χ2n) is 6.25. The van der Waals surface area contributed by atoms with Crippen LogP contribution in [0.25, 0.3) is 0 Å². The van der Waals surface area contributed by atoms with Crippen molar-refractivity contribution in [2.45, 2.75) is 13.3 Å². The molecule has 0 fully saturated rings. The van der Waals surface area contributed by atoms with E-state index in [-0.39, 0.29) is 5.91 Å². The Morgan fingerprint density at radius 2 is 1.88 bits per heavy atom. The molecule has 1 amide bonds. The van der Waals surface area contributed by atoms with Gasteiger partial charge in [-0.15, -0.1) is 0 Å². The van der Waals surface area contributed by atoms with Crippen LogP contribution in [0.3, 0.4) is 0 Å². The zero-order valence-electron chi connectivity index (χ0n) is 14.1. The molecule has 1 aliphatic heterocycles. The molecule has 0 aliphatic carbocycles. The molecule has 2 aromatic carbocycles. The van der Waals surface area contributed by atoms with Gasteiger partial charge >= 0.3 is 0 Å². The molecule has 0 saturated carbocycles. The molecule has 0 unspecified atom stereocenters. The fraction of sp³-hybridized carbons (Fsp3) is 0.143. The highest BCUT2D eigenvalue weighted by atomic mass is 16.1. The quantitative estimate of drug-likeness (QED) is 0.777. The van der Waals surface area contributed by atoms with Gasteiger partial charge < -0.3 is 10.2 Å². The lowest BCUT2D eigenvalue weighted by Gasteiger charge is -2.19. The van der Waals surface area contributed by atoms with Gasteiger partial charge in [0.05, 0.1) is 0 Å². The number of benzene rings is 2. The van der Waals surface area contributed by atoms with E-state index in [0.717, 1.165) is 29.9 Å². The van der Waals surface area contributed by atoms with Gasteiger partial charge in [0, 0.05) is 29.8 Å². The van der Waals surface area contributed by atoms with Gasteiger partial charge in [0.1, 0.15) is 5.69 Å². The lowest BCUT2D eigenvalue weighted by molar-refractivity contribution is 0.102. The topological polar surface area (TPSA) is 45.2 Å². The maximum Gasteiger partial charge on any atom is 0.274 e. The van der Waals surface area contributed by atoms with Crippen LogP contribution >= 0.6 is 0 Å². The molecular weight excluding hydrogens is 310 g/mol. The van der Waals surface area contributed by atoms with Crippen molar-refractivity contribution < 1.29 is 4.79 Å². The highest BCUT2D eigenvalue weighted by molar-refractivity contribution is 6.03. The van der Waals surface area contributed by atoms with E-state index < -0.39 is 0 Å². The van der Waals surface area contributed by atoms with Crippen LogP contribution in [-0.4, -0.2) is 17.4 Å². The van der Waals surface area contributed by atoms with E-state index in [1.807, 2.05) is 49.4 Å². The second kappa shape index (κ2) is 6.40. The average molecular weight is 329 g/mol. The molecule has 3 aromatic rings. The number of amides is 1. The first kappa shape index (κ1) is 15.4. The van der Waals surface area contributed by atoms with E-state index in [1.165, 1.54) is 11.3 Å². The van der Waals surface area contributed by atoms with Crippen LogP contribution in [0.1, 0.15) is 21.6 Å². The monoisotopic (exact) mass is 329 g/mol. The largest absolute Gasteiger partial charge is 0.341 e. The molecule has 4 nitrogen and oxygen atoms in total. The number of rotatable bonds is 3. The summed E-state index contributed by atoms with van der Waals surface area (Å²) >= 11 is 0. The van der Waals surface area contributed by atoms with E-state index in [2.05, 4.69) is 33.4 Å². The minimum absolute atomic E-state index is 0.196. The number of carbonyl (C=O) groups is 1. The van der Waals surface area contributed by atoms with Crippen LogP contribution in [0.4, 0.5) is 17.1 Å². The third-order valence-corrected chi connectivity index (χ3v) is 4.48. The summed E-state index contributed by atoms with van der Waals surface area (Å²) in [4.78, 5) is 19.0. The maximum atomic E-state index is 12.5. The van der Waals surface area contributed by atoms with Crippen LogP contribution in [0.5, 0.6) is 0 Å². The summed E-state index contributed by atoms with van der Waals surface area (Å²) in [7, 11) is 0. The van der Waals surface area contributed by atoms with E-state index in [4.69, 9.17) is 0 Å². The zero-order chi connectivity index (χ0) is 17.2. The number of nitrogens with zero attached hydrogens (tertiary/aromatic N) is 2. The van der Waals surface area contributed by atoms with Gasteiger partial charge in [-0.3, -0.25) is 9.78 Å². The summed E-state index contributed by atoms with van der Waals surface area (Å²) in [6, 6.07) is 19.9. The number of anilines is 3. The van der Waals surface area contributed by atoms with E-state index in [1.54, 1.807) is 6.20 Å². The molecule has 1 N–H and O–H groups in total. The molecule has 4 rings (SSSR count). The Hall–Kier alpha value is -3.14. The predicted molar refractivity (Wildman–Crippen MR) is 101 cm³/mol. The second-order valence-corrected chi connectivity index (χ2v) is 6.25. The normalized spacial score (nSPS) is 12.8. The Morgan fingerprint density at radius 1 is 1.08 bits per heavy atom. The smallest absolute Gasteiger partial charge is 0.274 e. The molecule has 1 aliphatic rings. The molecule has 0 bridgehead atoms. The highest BCUT2D eigenvalue weighted by Gasteiger charge is 2.20. The minimum Gasteiger partial charge on any atom is -0.341 e. The number of fused-ring (bicyclic) bond motifs is 1. The Bertz CT molecular complexity index is 918. The molecule has 2 heterocycles. The van der Waals surface area contributed by atoms with Gasteiger partial charge in [0.2, 0.25) is 0 Å². The molecule has 0 radical (unpaired) electrons. The van der Waals surface area contributed by atoms with Gasteiger partial charge in [0.15, 0.2) is 0 Å². The molecule has 124 valence electrons. The van der Waals surface area contributed by atoms with Crippen LogP contribution in [-0.2, 0) is 6.42 Å². The fourth-order valence-electron chi connectivity index (χ4n) is 3.15. The highest BCUT2D eigenvalue weighted by Crippen LogP contribution is 2.34. The van der Waals surface area contributed by atoms with Crippen molar-refractivity contribution in [1.82, 2.24) is 4.98 Å². The van der Waals surface area contributed by atoms with Crippen molar-refractivity contribution in [1.29, 1.82) is 0 Å².